The summed E-state index contributed by atoms with van der Waals surface area (Å²) in [7, 11) is 0. The SMILES string of the molecule is c1ccc2c(c1)-c1cccc3c(-c4nc(-c5ccc6ccccc6c5)nc(-c5cccc6sc7ccccc7c56)n4)ccc-2c13. The number of thiophene rings is 1. The van der Waals surface area contributed by atoms with Crippen LogP contribution in [0, 0.1) is 0 Å². The Kier molecular flexibility index (Phi) is 5.16. The number of fused-ring (bicyclic) bond motifs is 7. The van der Waals surface area contributed by atoms with E-state index in [9.17, 15) is 0 Å². The summed E-state index contributed by atoms with van der Waals surface area (Å²) in [5, 5.41) is 7.18. The van der Waals surface area contributed by atoms with Gasteiger partial charge in [-0.1, -0.05) is 115 Å². The van der Waals surface area contributed by atoms with Gasteiger partial charge in [-0.25, -0.2) is 15.0 Å². The molecule has 0 saturated heterocycles. The standard InChI is InChI=1S/C41H23N3S/c1-2-10-25-23-26(20-19-24(25)9-1)39-42-40(32-22-21-31-28-12-4-3-11-27(28)29-14-7-15-30(32)37(29)31)44-41(43-39)34-16-8-18-36-38(34)33-13-5-6-17-35(33)45-36/h1-23H. The number of rotatable bonds is 3. The number of benzene rings is 7. The molecule has 45 heavy (non-hydrogen) atoms. The van der Waals surface area contributed by atoms with Gasteiger partial charge in [0, 0.05) is 36.9 Å². The third kappa shape index (κ3) is 3.67. The van der Waals surface area contributed by atoms with Gasteiger partial charge in [-0.05, 0) is 68.1 Å². The molecule has 208 valence electrons. The molecule has 9 aromatic rings. The second-order valence-corrected chi connectivity index (χ2v) is 12.7. The molecule has 10 rings (SSSR count). The van der Waals surface area contributed by atoms with E-state index in [1.165, 1.54) is 53.2 Å². The summed E-state index contributed by atoms with van der Waals surface area (Å²) in [5.74, 6) is 2.03. The highest BCUT2D eigenvalue weighted by molar-refractivity contribution is 7.25. The summed E-state index contributed by atoms with van der Waals surface area (Å²) >= 11 is 1.81. The molecular formula is C41H23N3S. The van der Waals surface area contributed by atoms with Crippen LogP contribution in [-0.2, 0) is 0 Å². The molecule has 0 atom stereocenters. The maximum atomic E-state index is 5.26. The minimum Gasteiger partial charge on any atom is -0.208 e. The molecule has 0 amide bonds. The molecule has 0 fully saturated rings. The smallest absolute Gasteiger partial charge is 0.164 e. The number of nitrogens with zero attached hydrogens (tertiary/aromatic N) is 3. The van der Waals surface area contributed by atoms with Crippen molar-refractivity contribution in [2.45, 2.75) is 0 Å². The molecular weight excluding hydrogens is 567 g/mol. The number of aromatic nitrogens is 3. The fourth-order valence-electron chi connectivity index (χ4n) is 7.04. The van der Waals surface area contributed by atoms with Gasteiger partial charge in [0.1, 0.15) is 0 Å². The van der Waals surface area contributed by atoms with Crippen molar-refractivity contribution in [3.63, 3.8) is 0 Å². The highest BCUT2D eigenvalue weighted by Crippen LogP contribution is 2.49. The lowest BCUT2D eigenvalue weighted by Gasteiger charge is -2.12. The van der Waals surface area contributed by atoms with Crippen molar-refractivity contribution in [3.05, 3.63) is 140 Å². The van der Waals surface area contributed by atoms with Crippen molar-refractivity contribution >= 4 is 53.1 Å². The lowest BCUT2D eigenvalue weighted by molar-refractivity contribution is 1.08. The quantitative estimate of drug-likeness (QED) is 0.206. The Morgan fingerprint density at radius 1 is 0.356 bits per heavy atom. The van der Waals surface area contributed by atoms with Crippen LogP contribution in [0.25, 0.3) is 98.1 Å². The van der Waals surface area contributed by atoms with Gasteiger partial charge in [-0.15, -0.1) is 11.3 Å². The van der Waals surface area contributed by atoms with Crippen LogP contribution in [-0.4, -0.2) is 15.0 Å². The van der Waals surface area contributed by atoms with Crippen molar-refractivity contribution in [1.82, 2.24) is 15.0 Å². The van der Waals surface area contributed by atoms with E-state index in [1.807, 2.05) is 11.3 Å². The molecule has 0 radical (unpaired) electrons. The molecule has 0 unspecified atom stereocenters. The Morgan fingerprint density at radius 3 is 1.84 bits per heavy atom. The molecule has 4 heteroatoms. The van der Waals surface area contributed by atoms with Gasteiger partial charge in [0.2, 0.25) is 0 Å². The third-order valence-electron chi connectivity index (χ3n) is 9.08. The number of hydrogen-bond acceptors (Lipinski definition) is 4. The fraction of sp³-hybridized carbons (Fsp3) is 0. The summed E-state index contributed by atoms with van der Waals surface area (Å²) in [6.07, 6.45) is 0. The highest BCUT2D eigenvalue weighted by atomic mass is 32.1. The molecule has 2 heterocycles. The van der Waals surface area contributed by atoms with Crippen molar-refractivity contribution in [2.24, 2.45) is 0 Å². The predicted octanol–water partition coefficient (Wildman–Crippen LogP) is 11.2. The Balaban J connectivity index is 1.27. The summed E-state index contributed by atoms with van der Waals surface area (Å²) < 4.78 is 2.49. The van der Waals surface area contributed by atoms with Crippen LogP contribution in [0.4, 0.5) is 0 Å². The van der Waals surface area contributed by atoms with Gasteiger partial charge in [0.15, 0.2) is 17.5 Å². The molecule has 1 aliphatic carbocycles. The molecule has 0 saturated carbocycles. The first-order valence-corrected chi connectivity index (χ1v) is 15.9. The molecule has 7 aromatic carbocycles. The first kappa shape index (κ1) is 24.7. The summed E-state index contributed by atoms with van der Waals surface area (Å²) in [6, 6.07) is 49.6. The highest BCUT2D eigenvalue weighted by Gasteiger charge is 2.24. The Bertz CT molecular complexity index is 2640. The average Bonchev–Trinajstić information content (AvgIpc) is 3.65. The fourth-order valence-corrected chi connectivity index (χ4v) is 8.17. The maximum Gasteiger partial charge on any atom is 0.164 e. The average molecular weight is 590 g/mol. The van der Waals surface area contributed by atoms with Crippen LogP contribution in [0.15, 0.2) is 140 Å². The van der Waals surface area contributed by atoms with E-state index in [1.54, 1.807) is 0 Å². The zero-order valence-corrected chi connectivity index (χ0v) is 24.8. The van der Waals surface area contributed by atoms with Crippen molar-refractivity contribution < 1.29 is 0 Å². The van der Waals surface area contributed by atoms with Crippen LogP contribution in [0.5, 0.6) is 0 Å². The van der Waals surface area contributed by atoms with Crippen molar-refractivity contribution in [3.8, 4) is 56.4 Å². The van der Waals surface area contributed by atoms with E-state index in [-0.39, 0.29) is 0 Å². The lowest BCUT2D eigenvalue weighted by Crippen LogP contribution is -2.01. The zero-order valence-electron chi connectivity index (χ0n) is 24.0. The largest absolute Gasteiger partial charge is 0.208 e. The summed E-state index contributed by atoms with van der Waals surface area (Å²) in [4.78, 5) is 15.6. The topological polar surface area (TPSA) is 38.7 Å². The van der Waals surface area contributed by atoms with E-state index < -0.39 is 0 Å². The van der Waals surface area contributed by atoms with E-state index in [0.29, 0.717) is 17.5 Å². The van der Waals surface area contributed by atoms with E-state index in [4.69, 9.17) is 15.0 Å². The van der Waals surface area contributed by atoms with Gasteiger partial charge >= 0.3 is 0 Å². The van der Waals surface area contributed by atoms with Gasteiger partial charge in [0.05, 0.1) is 0 Å². The first-order valence-electron chi connectivity index (χ1n) is 15.1. The van der Waals surface area contributed by atoms with Crippen LogP contribution in [0.2, 0.25) is 0 Å². The minimum atomic E-state index is 0.670. The Hall–Kier alpha value is -5.71. The van der Waals surface area contributed by atoms with E-state index >= 15 is 0 Å². The van der Waals surface area contributed by atoms with E-state index in [0.717, 1.165) is 27.5 Å². The van der Waals surface area contributed by atoms with Gasteiger partial charge < -0.3 is 0 Å². The number of hydrogen-bond donors (Lipinski definition) is 0. The molecule has 0 N–H and O–H groups in total. The molecule has 1 aliphatic rings. The van der Waals surface area contributed by atoms with Crippen molar-refractivity contribution in [1.29, 1.82) is 0 Å². The maximum absolute atomic E-state index is 5.26. The monoisotopic (exact) mass is 589 g/mol. The van der Waals surface area contributed by atoms with Crippen LogP contribution >= 0.6 is 11.3 Å². The lowest BCUT2D eigenvalue weighted by atomic mass is 9.98. The van der Waals surface area contributed by atoms with Crippen molar-refractivity contribution in [2.75, 3.05) is 0 Å². The summed E-state index contributed by atoms with van der Waals surface area (Å²) in [5.41, 5.74) is 8.08. The Morgan fingerprint density at radius 2 is 0.956 bits per heavy atom. The molecule has 2 aromatic heterocycles. The Labute approximate surface area is 263 Å². The van der Waals surface area contributed by atoms with Crippen LogP contribution < -0.4 is 0 Å². The van der Waals surface area contributed by atoms with Crippen LogP contribution in [0.1, 0.15) is 0 Å². The first-order chi connectivity index (χ1) is 22.3. The molecule has 3 nitrogen and oxygen atoms in total. The van der Waals surface area contributed by atoms with E-state index in [2.05, 4.69) is 140 Å². The predicted molar refractivity (Wildman–Crippen MR) is 188 cm³/mol. The van der Waals surface area contributed by atoms with Gasteiger partial charge in [-0.2, -0.15) is 0 Å². The second kappa shape index (κ2) is 9.39. The molecule has 0 spiro atoms. The third-order valence-corrected chi connectivity index (χ3v) is 10.2. The zero-order chi connectivity index (χ0) is 29.5. The molecule has 0 aliphatic heterocycles. The normalized spacial score (nSPS) is 12.0. The summed E-state index contributed by atoms with van der Waals surface area (Å²) in [6.45, 7) is 0. The molecule has 0 bridgehead atoms. The minimum absolute atomic E-state index is 0.670. The van der Waals surface area contributed by atoms with Gasteiger partial charge in [-0.3, -0.25) is 0 Å². The second-order valence-electron chi connectivity index (χ2n) is 11.6. The van der Waals surface area contributed by atoms with Gasteiger partial charge in [0.25, 0.3) is 0 Å². The van der Waals surface area contributed by atoms with Crippen LogP contribution in [0.3, 0.4) is 0 Å².